The minimum Gasteiger partial charge on any atom is -0.295 e. The second kappa shape index (κ2) is 5.71. The lowest BCUT2D eigenvalue weighted by Crippen LogP contribution is -1.95. The van der Waals surface area contributed by atoms with Crippen LogP contribution in [-0.2, 0) is 0 Å². The van der Waals surface area contributed by atoms with Gasteiger partial charge in [0.15, 0.2) is 5.78 Å². The van der Waals surface area contributed by atoms with Gasteiger partial charge < -0.3 is 0 Å². The van der Waals surface area contributed by atoms with Crippen molar-refractivity contribution in [3.8, 4) is 22.4 Å². The van der Waals surface area contributed by atoms with Crippen LogP contribution in [0.4, 0.5) is 0 Å². The molecule has 102 valence electrons. The number of aromatic nitrogens is 1. The monoisotopic (exact) mass is 273 g/mol. The molecule has 0 N–H and O–H groups in total. The van der Waals surface area contributed by atoms with Crippen LogP contribution < -0.4 is 0 Å². The smallest absolute Gasteiger partial charge is 0.159 e. The molecule has 1 heterocycles. The Balaban J connectivity index is 2.18. The van der Waals surface area contributed by atoms with Gasteiger partial charge in [-0.2, -0.15) is 0 Å². The van der Waals surface area contributed by atoms with Gasteiger partial charge in [-0.05, 0) is 48.4 Å². The van der Waals surface area contributed by atoms with Crippen molar-refractivity contribution in [1.82, 2.24) is 4.98 Å². The lowest BCUT2D eigenvalue weighted by Gasteiger charge is -2.08. The third-order valence-corrected chi connectivity index (χ3v) is 3.41. The summed E-state index contributed by atoms with van der Waals surface area (Å²) >= 11 is 0. The van der Waals surface area contributed by atoms with Crippen LogP contribution in [0, 0.1) is 0 Å². The maximum Gasteiger partial charge on any atom is 0.159 e. The molecule has 0 spiro atoms. The Morgan fingerprint density at radius 1 is 0.810 bits per heavy atom. The summed E-state index contributed by atoms with van der Waals surface area (Å²) in [7, 11) is 0. The molecule has 0 bridgehead atoms. The number of carbonyl (C=O) groups is 1. The minimum atomic E-state index is 0.0602. The first-order chi connectivity index (χ1) is 10.2. The zero-order chi connectivity index (χ0) is 14.7. The predicted molar refractivity (Wildman–Crippen MR) is 85.1 cm³/mol. The first kappa shape index (κ1) is 13.3. The highest BCUT2D eigenvalue weighted by atomic mass is 16.1. The Morgan fingerprint density at radius 3 is 2.19 bits per heavy atom. The number of hydrogen-bond acceptors (Lipinski definition) is 2. The molecule has 0 aliphatic heterocycles. The number of hydrogen-bond donors (Lipinski definition) is 0. The molecule has 0 fully saturated rings. The largest absolute Gasteiger partial charge is 0.295 e. The number of ketones is 1. The Labute approximate surface area is 124 Å². The summed E-state index contributed by atoms with van der Waals surface area (Å²) < 4.78 is 0. The van der Waals surface area contributed by atoms with Crippen LogP contribution in [0.15, 0.2) is 72.9 Å². The molecule has 1 aromatic heterocycles. The predicted octanol–water partition coefficient (Wildman–Crippen LogP) is 4.62. The summed E-state index contributed by atoms with van der Waals surface area (Å²) in [6.07, 6.45) is 1.76. The molecule has 0 unspecified atom stereocenters. The molecule has 0 atom stereocenters. The Hall–Kier alpha value is -2.74. The van der Waals surface area contributed by atoms with Crippen molar-refractivity contribution in [1.29, 1.82) is 0 Å². The van der Waals surface area contributed by atoms with E-state index in [1.165, 1.54) is 0 Å². The molecule has 0 saturated carbocycles. The molecule has 0 radical (unpaired) electrons. The molecule has 2 aromatic carbocycles. The van der Waals surface area contributed by atoms with Gasteiger partial charge in [0, 0.05) is 17.3 Å². The highest BCUT2D eigenvalue weighted by Crippen LogP contribution is 2.27. The summed E-state index contributed by atoms with van der Waals surface area (Å²) in [5.74, 6) is 0.0602. The van der Waals surface area contributed by atoms with Gasteiger partial charge in [0.25, 0.3) is 0 Å². The summed E-state index contributed by atoms with van der Waals surface area (Å²) in [4.78, 5) is 16.2. The summed E-state index contributed by atoms with van der Waals surface area (Å²) in [6.45, 7) is 1.59. The number of Topliss-reactive ketones (excluding diaryl/α,β-unsaturated/α-hetero) is 1. The lowest BCUT2D eigenvalue weighted by molar-refractivity contribution is 0.101. The fraction of sp³-hybridized carbons (Fsp3) is 0.0526. The maximum atomic E-state index is 11.8. The summed E-state index contributed by atoms with van der Waals surface area (Å²) in [5.41, 5.74) is 4.67. The van der Waals surface area contributed by atoms with Crippen LogP contribution in [-0.4, -0.2) is 10.8 Å². The zero-order valence-corrected chi connectivity index (χ0v) is 11.8. The number of benzene rings is 2. The van der Waals surface area contributed by atoms with Gasteiger partial charge in [0.05, 0.1) is 5.69 Å². The highest BCUT2D eigenvalue weighted by Gasteiger charge is 2.08. The van der Waals surface area contributed by atoms with Crippen molar-refractivity contribution in [2.45, 2.75) is 6.92 Å². The molecule has 3 aromatic rings. The van der Waals surface area contributed by atoms with Gasteiger partial charge in [0.1, 0.15) is 0 Å². The van der Waals surface area contributed by atoms with E-state index in [-0.39, 0.29) is 5.78 Å². The van der Waals surface area contributed by atoms with Crippen LogP contribution in [0.1, 0.15) is 17.3 Å². The van der Waals surface area contributed by atoms with E-state index in [0.29, 0.717) is 5.56 Å². The summed E-state index contributed by atoms with van der Waals surface area (Å²) in [6, 6.07) is 21.8. The first-order valence-electron chi connectivity index (χ1n) is 6.87. The van der Waals surface area contributed by atoms with Crippen molar-refractivity contribution in [3.05, 3.63) is 78.5 Å². The number of rotatable bonds is 3. The normalized spacial score (nSPS) is 10.3. The van der Waals surface area contributed by atoms with Crippen LogP contribution in [0.25, 0.3) is 22.4 Å². The topological polar surface area (TPSA) is 30.0 Å². The standard InChI is InChI=1S/C19H15NO/c1-14(21)16-11-17(15-7-3-2-4-8-15)13-18(12-16)19-9-5-6-10-20-19/h2-13H,1H3. The fourth-order valence-corrected chi connectivity index (χ4v) is 2.31. The molecule has 0 saturated heterocycles. The van der Waals surface area contributed by atoms with Gasteiger partial charge in [-0.3, -0.25) is 9.78 Å². The average Bonchev–Trinajstić information content (AvgIpc) is 2.56. The van der Waals surface area contributed by atoms with Crippen LogP contribution >= 0.6 is 0 Å². The van der Waals surface area contributed by atoms with Gasteiger partial charge in [-0.25, -0.2) is 0 Å². The van der Waals surface area contributed by atoms with Gasteiger partial charge in [-0.15, -0.1) is 0 Å². The van der Waals surface area contributed by atoms with Crippen molar-refractivity contribution < 1.29 is 4.79 Å². The lowest BCUT2D eigenvalue weighted by atomic mass is 9.97. The van der Waals surface area contributed by atoms with Gasteiger partial charge in [0.2, 0.25) is 0 Å². The molecule has 21 heavy (non-hydrogen) atoms. The molecule has 2 nitrogen and oxygen atoms in total. The van der Waals surface area contributed by atoms with E-state index in [1.54, 1.807) is 13.1 Å². The maximum absolute atomic E-state index is 11.8. The molecule has 2 heteroatoms. The van der Waals surface area contributed by atoms with Crippen molar-refractivity contribution in [2.75, 3.05) is 0 Å². The Morgan fingerprint density at radius 2 is 1.52 bits per heavy atom. The van der Waals surface area contributed by atoms with E-state index in [2.05, 4.69) is 11.1 Å². The average molecular weight is 273 g/mol. The third kappa shape index (κ3) is 2.90. The van der Waals surface area contributed by atoms with Crippen LogP contribution in [0.3, 0.4) is 0 Å². The second-order valence-corrected chi connectivity index (χ2v) is 4.94. The molecule has 0 aliphatic rings. The number of carbonyl (C=O) groups excluding carboxylic acids is 1. The number of nitrogens with zero attached hydrogens (tertiary/aromatic N) is 1. The molecule has 3 rings (SSSR count). The van der Waals surface area contributed by atoms with Crippen LogP contribution in [0.2, 0.25) is 0 Å². The van der Waals surface area contributed by atoms with Crippen molar-refractivity contribution in [3.63, 3.8) is 0 Å². The fourth-order valence-electron chi connectivity index (χ4n) is 2.31. The van der Waals surface area contributed by atoms with E-state index in [1.807, 2.05) is 60.7 Å². The third-order valence-electron chi connectivity index (χ3n) is 3.41. The SMILES string of the molecule is CC(=O)c1cc(-c2ccccc2)cc(-c2ccccn2)c1. The van der Waals surface area contributed by atoms with E-state index < -0.39 is 0 Å². The van der Waals surface area contributed by atoms with Crippen molar-refractivity contribution in [2.24, 2.45) is 0 Å². The highest BCUT2D eigenvalue weighted by molar-refractivity contribution is 5.97. The number of pyridine rings is 1. The molecule has 0 aliphatic carbocycles. The first-order valence-corrected chi connectivity index (χ1v) is 6.87. The zero-order valence-electron chi connectivity index (χ0n) is 11.8. The minimum absolute atomic E-state index is 0.0602. The molecule has 0 amide bonds. The second-order valence-electron chi connectivity index (χ2n) is 4.94. The van der Waals surface area contributed by atoms with Gasteiger partial charge >= 0.3 is 0 Å². The quantitative estimate of drug-likeness (QED) is 0.652. The Bertz CT molecular complexity index is 706. The van der Waals surface area contributed by atoms with E-state index >= 15 is 0 Å². The van der Waals surface area contributed by atoms with E-state index in [4.69, 9.17) is 0 Å². The van der Waals surface area contributed by atoms with Crippen molar-refractivity contribution >= 4 is 5.78 Å². The summed E-state index contributed by atoms with van der Waals surface area (Å²) in [5, 5.41) is 0. The molecular formula is C19H15NO. The molecular weight excluding hydrogens is 258 g/mol. The van der Waals surface area contributed by atoms with Crippen LogP contribution in [0.5, 0.6) is 0 Å². The van der Waals surface area contributed by atoms with Gasteiger partial charge in [-0.1, -0.05) is 36.4 Å². The van der Waals surface area contributed by atoms with E-state index in [0.717, 1.165) is 22.4 Å². The van der Waals surface area contributed by atoms with E-state index in [9.17, 15) is 4.79 Å². The Kier molecular flexibility index (Phi) is 3.61.